The highest BCUT2D eigenvalue weighted by Crippen LogP contribution is 2.21. The number of hydrogen-bond donors (Lipinski definition) is 1. The lowest BCUT2D eigenvalue weighted by Crippen LogP contribution is -2.42. The first-order valence-electron chi connectivity index (χ1n) is 9.10. The third kappa shape index (κ3) is 5.26. The van der Waals surface area contributed by atoms with Gasteiger partial charge in [-0.3, -0.25) is 4.79 Å². The molecule has 6 heteroatoms. The van der Waals surface area contributed by atoms with Crippen molar-refractivity contribution in [1.29, 1.82) is 0 Å². The van der Waals surface area contributed by atoms with Gasteiger partial charge in [-0.2, -0.15) is 0 Å². The van der Waals surface area contributed by atoms with E-state index in [1.165, 1.54) is 0 Å². The molecule has 2 aromatic rings. The smallest absolute Gasteiger partial charge is 0.410 e. The molecule has 0 spiro atoms. The van der Waals surface area contributed by atoms with Crippen LogP contribution in [0.5, 0.6) is 5.75 Å². The Hall–Kier alpha value is -2.47. The molecule has 0 saturated carbocycles. The van der Waals surface area contributed by atoms with E-state index in [1.807, 2.05) is 48.7 Å². The molecule has 0 atom stereocenters. The molecule has 1 N–H and O–H groups in total. The Morgan fingerprint density at radius 2 is 1.74 bits per heavy atom. The van der Waals surface area contributed by atoms with Crippen LogP contribution in [0.1, 0.15) is 23.2 Å². The normalized spacial score (nSPS) is 14.6. The predicted molar refractivity (Wildman–Crippen MR) is 107 cm³/mol. The molecule has 3 rings (SSSR count). The Bertz CT molecular complexity index is 774. The second kappa shape index (κ2) is 9.46. The van der Waals surface area contributed by atoms with Gasteiger partial charge in [0.2, 0.25) is 0 Å². The number of nitrogens with one attached hydrogen (secondary N) is 1. The number of piperidine rings is 1. The van der Waals surface area contributed by atoms with Crippen LogP contribution in [0.4, 0.5) is 4.79 Å². The fourth-order valence-corrected chi connectivity index (χ4v) is 3.73. The van der Waals surface area contributed by atoms with E-state index in [9.17, 15) is 9.59 Å². The maximum atomic E-state index is 12.4. The zero-order chi connectivity index (χ0) is 19.1. The van der Waals surface area contributed by atoms with Crippen molar-refractivity contribution < 1.29 is 14.3 Å². The van der Waals surface area contributed by atoms with E-state index in [0.29, 0.717) is 36.9 Å². The van der Waals surface area contributed by atoms with Crippen LogP contribution < -0.4 is 10.1 Å². The number of likely N-dealkylation sites (tertiary alicyclic amines) is 1. The van der Waals surface area contributed by atoms with Crippen LogP contribution in [0.3, 0.4) is 0 Å². The highest BCUT2D eigenvalue weighted by atomic mass is 32.2. The van der Waals surface area contributed by atoms with E-state index in [1.54, 1.807) is 28.8 Å². The molecule has 0 aromatic heterocycles. The first-order valence-corrected chi connectivity index (χ1v) is 10.3. The molecular formula is C21H24N2O3S. The van der Waals surface area contributed by atoms with E-state index in [2.05, 4.69) is 5.32 Å². The van der Waals surface area contributed by atoms with Crippen molar-refractivity contribution in [2.45, 2.75) is 17.7 Å². The molecule has 5 nitrogen and oxygen atoms in total. The number of ether oxygens (including phenoxy) is 1. The molecule has 1 heterocycles. The summed E-state index contributed by atoms with van der Waals surface area (Å²) >= 11 is 1.57. The Morgan fingerprint density at radius 1 is 1.07 bits per heavy atom. The van der Waals surface area contributed by atoms with Gasteiger partial charge in [0, 0.05) is 24.5 Å². The van der Waals surface area contributed by atoms with E-state index < -0.39 is 0 Å². The Labute approximate surface area is 164 Å². The summed E-state index contributed by atoms with van der Waals surface area (Å²) in [6, 6.07) is 16.7. The van der Waals surface area contributed by atoms with Gasteiger partial charge in [-0.15, -0.1) is 11.8 Å². The summed E-state index contributed by atoms with van der Waals surface area (Å²) in [5, 5.41) is 3.04. The number of thioether (sulfide) groups is 1. The number of benzene rings is 2. The minimum Gasteiger partial charge on any atom is -0.410 e. The van der Waals surface area contributed by atoms with Crippen molar-refractivity contribution >= 4 is 23.8 Å². The third-order valence-corrected chi connectivity index (χ3v) is 5.52. The van der Waals surface area contributed by atoms with Gasteiger partial charge in [-0.1, -0.05) is 30.3 Å². The number of nitrogens with zero attached hydrogens (tertiary/aromatic N) is 1. The molecule has 0 bridgehead atoms. The SMILES string of the molecule is CSc1ccccc1C(=O)NCC1CCN(C(=O)Oc2ccccc2)CC1. The van der Waals surface area contributed by atoms with E-state index in [0.717, 1.165) is 17.7 Å². The maximum Gasteiger partial charge on any atom is 0.415 e. The van der Waals surface area contributed by atoms with Gasteiger partial charge in [-0.05, 0) is 49.3 Å². The molecule has 0 unspecified atom stereocenters. The van der Waals surface area contributed by atoms with Gasteiger partial charge in [-0.25, -0.2) is 4.79 Å². The average molecular weight is 385 g/mol. The largest absolute Gasteiger partial charge is 0.415 e. The fraction of sp³-hybridized carbons (Fsp3) is 0.333. The molecule has 1 aliphatic rings. The van der Waals surface area contributed by atoms with Gasteiger partial charge >= 0.3 is 6.09 Å². The number of rotatable bonds is 5. The summed E-state index contributed by atoms with van der Waals surface area (Å²) in [4.78, 5) is 27.4. The lowest BCUT2D eigenvalue weighted by molar-refractivity contribution is 0.0928. The van der Waals surface area contributed by atoms with Gasteiger partial charge in [0.1, 0.15) is 5.75 Å². The van der Waals surface area contributed by atoms with Crippen LogP contribution in [-0.4, -0.2) is 42.8 Å². The Kier molecular flexibility index (Phi) is 6.76. The zero-order valence-electron chi connectivity index (χ0n) is 15.4. The van der Waals surface area contributed by atoms with Crippen LogP contribution in [0.2, 0.25) is 0 Å². The quantitative estimate of drug-likeness (QED) is 0.790. The van der Waals surface area contributed by atoms with Crippen molar-refractivity contribution in [1.82, 2.24) is 10.2 Å². The lowest BCUT2D eigenvalue weighted by Gasteiger charge is -2.31. The summed E-state index contributed by atoms with van der Waals surface area (Å²) in [7, 11) is 0. The molecule has 2 aromatic carbocycles. The first-order chi connectivity index (χ1) is 13.2. The van der Waals surface area contributed by atoms with Crippen LogP contribution >= 0.6 is 11.8 Å². The van der Waals surface area contributed by atoms with E-state index in [4.69, 9.17) is 4.74 Å². The fourth-order valence-electron chi connectivity index (χ4n) is 3.14. The topological polar surface area (TPSA) is 58.6 Å². The minimum atomic E-state index is -0.308. The molecule has 27 heavy (non-hydrogen) atoms. The van der Waals surface area contributed by atoms with E-state index >= 15 is 0 Å². The third-order valence-electron chi connectivity index (χ3n) is 4.72. The van der Waals surface area contributed by atoms with Crippen LogP contribution in [0, 0.1) is 5.92 Å². The van der Waals surface area contributed by atoms with Gasteiger partial charge < -0.3 is 15.0 Å². The number of carbonyl (C=O) groups is 2. The first kappa shape index (κ1) is 19.3. The van der Waals surface area contributed by atoms with Gasteiger partial charge in [0.05, 0.1) is 5.56 Å². The summed E-state index contributed by atoms with van der Waals surface area (Å²) in [5.41, 5.74) is 0.717. The van der Waals surface area contributed by atoms with Crippen molar-refractivity contribution in [3.05, 3.63) is 60.2 Å². The van der Waals surface area contributed by atoms with Crippen LogP contribution in [-0.2, 0) is 0 Å². The summed E-state index contributed by atoms with van der Waals surface area (Å²) in [6.45, 7) is 1.92. The van der Waals surface area contributed by atoms with Crippen molar-refractivity contribution in [2.24, 2.45) is 5.92 Å². The predicted octanol–water partition coefficient (Wildman–Crippen LogP) is 4.05. The number of amides is 2. The maximum absolute atomic E-state index is 12.4. The molecule has 0 aliphatic carbocycles. The molecule has 1 fully saturated rings. The standard InChI is InChI=1S/C21H24N2O3S/c1-27-19-10-6-5-9-18(19)20(24)22-15-16-11-13-23(14-12-16)21(25)26-17-7-3-2-4-8-17/h2-10,16H,11-15H2,1H3,(H,22,24). The van der Waals surface area contributed by atoms with Crippen molar-refractivity contribution in [3.8, 4) is 5.75 Å². The monoisotopic (exact) mass is 384 g/mol. The summed E-state index contributed by atoms with van der Waals surface area (Å²) < 4.78 is 5.39. The van der Waals surface area contributed by atoms with Gasteiger partial charge in [0.15, 0.2) is 0 Å². The highest BCUT2D eigenvalue weighted by Gasteiger charge is 2.24. The molecule has 142 valence electrons. The number of hydrogen-bond acceptors (Lipinski definition) is 4. The molecule has 0 radical (unpaired) electrons. The Balaban J connectivity index is 1.44. The number of para-hydroxylation sites is 1. The summed E-state index contributed by atoms with van der Waals surface area (Å²) in [6.07, 6.45) is 3.37. The van der Waals surface area contributed by atoms with E-state index in [-0.39, 0.29) is 12.0 Å². The lowest BCUT2D eigenvalue weighted by atomic mass is 9.97. The number of carbonyl (C=O) groups excluding carboxylic acids is 2. The highest BCUT2D eigenvalue weighted by molar-refractivity contribution is 7.98. The molecule has 1 saturated heterocycles. The molecule has 2 amide bonds. The van der Waals surface area contributed by atoms with Gasteiger partial charge in [0.25, 0.3) is 5.91 Å². The molecule has 1 aliphatic heterocycles. The van der Waals surface area contributed by atoms with Crippen LogP contribution in [0.15, 0.2) is 59.5 Å². The van der Waals surface area contributed by atoms with Crippen molar-refractivity contribution in [2.75, 3.05) is 25.9 Å². The van der Waals surface area contributed by atoms with Crippen LogP contribution in [0.25, 0.3) is 0 Å². The Morgan fingerprint density at radius 3 is 2.44 bits per heavy atom. The zero-order valence-corrected chi connectivity index (χ0v) is 16.2. The second-order valence-electron chi connectivity index (χ2n) is 6.52. The average Bonchev–Trinajstić information content (AvgIpc) is 2.73. The second-order valence-corrected chi connectivity index (χ2v) is 7.37. The minimum absolute atomic E-state index is 0.0362. The molecular weight excluding hydrogens is 360 g/mol. The van der Waals surface area contributed by atoms with Crippen molar-refractivity contribution in [3.63, 3.8) is 0 Å². The summed E-state index contributed by atoms with van der Waals surface area (Å²) in [5.74, 6) is 0.895.